The van der Waals surface area contributed by atoms with E-state index in [1.165, 1.54) is 20.3 Å². The number of fused-ring (bicyclic) bond motifs is 3. The molecule has 7 nitrogen and oxygen atoms in total. The molecule has 0 N–H and O–H groups in total. The predicted octanol–water partition coefficient (Wildman–Crippen LogP) is 3.66. The van der Waals surface area contributed by atoms with Crippen LogP contribution in [-0.2, 0) is 20.1 Å². The Bertz CT molecular complexity index is 1510. The fourth-order valence-electron chi connectivity index (χ4n) is 4.75. The Balaban J connectivity index is 1.72. The molecule has 4 aromatic rings. The third-order valence-electron chi connectivity index (χ3n) is 6.67. The number of aromatic nitrogens is 4. The number of nitrogens with zero attached hydrogens (tertiary/aromatic N) is 5. The monoisotopic (exact) mass is 443 g/mol. The highest BCUT2D eigenvalue weighted by Gasteiger charge is 2.30. The van der Waals surface area contributed by atoms with E-state index in [2.05, 4.69) is 43.9 Å². The van der Waals surface area contributed by atoms with E-state index in [9.17, 15) is 9.59 Å². The molecular weight excluding hydrogens is 414 g/mol. The second-order valence-electron chi connectivity index (χ2n) is 9.40. The number of hydrogen-bond donors (Lipinski definition) is 0. The quantitative estimate of drug-likeness (QED) is 0.485. The third-order valence-corrected chi connectivity index (χ3v) is 6.67. The summed E-state index contributed by atoms with van der Waals surface area (Å²) >= 11 is 0. The number of rotatable bonds is 3. The maximum atomic E-state index is 13.6. The molecule has 0 saturated carbocycles. The van der Waals surface area contributed by atoms with E-state index in [0.717, 1.165) is 23.4 Å². The molecule has 0 spiro atoms. The van der Waals surface area contributed by atoms with Crippen LogP contribution in [0.4, 0.5) is 11.6 Å². The van der Waals surface area contributed by atoms with Crippen LogP contribution in [0.1, 0.15) is 29.2 Å². The Morgan fingerprint density at radius 1 is 1.00 bits per heavy atom. The molecule has 33 heavy (non-hydrogen) atoms. The lowest BCUT2D eigenvalue weighted by Crippen LogP contribution is -2.40. The van der Waals surface area contributed by atoms with E-state index in [1.807, 2.05) is 35.8 Å². The Kier molecular flexibility index (Phi) is 5.00. The van der Waals surface area contributed by atoms with Crippen LogP contribution in [-0.4, -0.2) is 25.2 Å². The maximum Gasteiger partial charge on any atom is 0.332 e. The van der Waals surface area contributed by atoms with E-state index in [4.69, 9.17) is 4.98 Å². The summed E-state index contributed by atoms with van der Waals surface area (Å²) in [6, 6.07) is 14.3. The van der Waals surface area contributed by atoms with Gasteiger partial charge < -0.3 is 9.47 Å². The minimum atomic E-state index is -0.352. The molecule has 3 heterocycles. The average molecular weight is 444 g/mol. The van der Waals surface area contributed by atoms with Gasteiger partial charge in [0, 0.05) is 25.8 Å². The predicted molar refractivity (Wildman–Crippen MR) is 132 cm³/mol. The molecule has 5 rings (SSSR count). The van der Waals surface area contributed by atoms with Gasteiger partial charge in [-0.3, -0.25) is 13.9 Å². The van der Waals surface area contributed by atoms with Crippen molar-refractivity contribution < 1.29 is 0 Å². The fourth-order valence-corrected chi connectivity index (χ4v) is 4.75. The zero-order valence-corrected chi connectivity index (χ0v) is 19.8. The number of imidazole rings is 1. The first kappa shape index (κ1) is 21.2. The van der Waals surface area contributed by atoms with Gasteiger partial charge >= 0.3 is 5.69 Å². The van der Waals surface area contributed by atoms with Crippen LogP contribution in [0, 0.1) is 26.7 Å². The summed E-state index contributed by atoms with van der Waals surface area (Å²) in [7, 11) is 1.69. The lowest BCUT2D eigenvalue weighted by Gasteiger charge is -2.33. The Labute approximate surface area is 192 Å². The van der Waals surface area contributed by atoms with E-state index < -0.39 is 0 Å². The van der Waals surface area contributed by atoms with Crippen molar-refractivity contribution in [2.45, 2.75) is 40.8 Å². The Morgan fingerprint density at radius 3 is 2.52 bits per heavy atom. The summed E-state index contributed by atoms with van der Waals surface area (Å²) in [6.45, 7) is 10.1. The first-order valence-corrected chi connectivity index (χ1v) is 11.3. The number of aryl methyl sites for hydroxylation is 4. The van der Waals surface area contributed by atoms with Crippen LogP contribution < -0.4 is 16.1 Å². The summed E-state index contributed by atoms with van der Waals surface area (Å²) in [5.41, 5.74) is 5.79. The number of anilines is 2. The van der Waals surface area contributed by atoms with Gasteiger partial charge in [0.1, 0.15) is 0 Å². The van der Waals surface area contributed by atoms with Crippen molar-refractivity contribution in [3.05, 3.63) is 85.6 Å². The Hall–Kier alpha value is -3.61. The van der Waals surface area contributed by atoms with Crippen molar-refractivity contribution in [2.75, 3.05) is 11.4 Å². The van der Waals surface area contributed by atoms with E-state index in [-0.39, 0.29) is 17.8 Å². The second kappa shape index (κ2) is 7.76. The fraction of sp³-hybridized carbons (Fsp3) is 0.346. The van der Waals surface area contributed by atoms with Crippen LogP contribution in [0.5, 0.6) is 0 Å². The molecule has 0 fully saturated rings. The zero-order valence-electron chi connectivity index (χ0n) is 19.8. The van der Waals surface area contributed by atoms with Gasteiger partial charge in [-0.2, -0.15) is 4.98 Å². The first-order valence-electron chi connectivity index (χ1n) is 11.3. The number of benzene rings is 2. The SMILES string of the molecule is Cc1cccc(Cn2c(=O)c3c(nc4n3C[C@@H](C)CN4c3ccc(C)c(C)c3)n(C)c2=O)c1. The van der Waals surface area contributed by atoms with Crippen molar-refractivity contribution in [2.24, 2.45) is 13.0 Å². The standard InChI is InChI=1S/C26H29N5O2/c1-16-7-6-8-20(11-16)15-31-24(32)22-23(28(5)26(31)33)27-25-29(13-17(2)14-30(22)25)21-10-9-18(3)19(4)12-21/h6-12,17H,13-15H2,1-5H3/t17-/m0/s1. The molecule has 0 radical (unpaired) electrons. The Morgan fingerprint density at radius 2 is 1.79 bits per heavy atom. The first-order chi connectivity index (χ1) is 15.7. The number of hydrogen-bond acceptors (Lipinski definition) is 4. The molecule has 0 unspecified atom stereocenters. The molecule has 7 heteroatoms. The molecule has 2 aromatic heterocycles. The van der Waals surface area contributed by atoms with Crippen molar-refractivity contribution in [3.63, 3.8) is 0 Å². The zero-order chi connectivity index (χ0) is 23.4. The van der Waals surface area contributed by atoms with Crippen LogP contribution in [0.25, 0.3) is 11.2 Å². The summed E-state index contributed by atoms with van der Waals surface area (Å²) in [6.07, 6.45) is 0. The van der Waals surface area contributed by atoms with Gasteiger partial charge in [0.05, 0.1) is 6.54 Å². The smallest absolute Gasteiger partial charge is 0.312 e. The molecule has 1 aliphatic heterocycles. The summed E-state index contributed by atoms with van der Waals surface area (Å²) in [5, 5.41) is 0. The van der Waals surface area contributed by atoms with Gasteiger partial charge in [0.25, 0.3) is 5.56 Å². The summed E-state index contributed by atoms with van der Waals surface area (Å²) in [5.74, 6) is 1.03. The van der Waals surface area contributed by atoms with Gasteiger partial charge in [0.2, 0.25) is 5.95 Å². The van der Waals surface area contributed by atoms with Crippen LogP contribution in [0.2, 0.25) is 0 Å². The lowest BCUT2D eigenvalue weighted by atomic mass is 10.1. The van der Waals surface area contributed by atoms with Gasteiger partial charge in [0.15, 0.2) is 11.2 Å². The minimum Gasteiger partial charge on any atom is -0.312 e. The molecule has 2 aromatic carbocycles. The maximum absolute atomic E-state index is 13.6. The molecule has 0 amide bonds. The summed E-state index contributed by atoms with van der Waals surface area (Å²) < 4.78 is 4.82. The van der Waals surface area contributed by atoms with Gasteiger partial charge in [-0.15, -0.1) is 0 Å². The van der Waals surface area contributed by atoms with Crippen molar-refractivity contribution in [3.8, 4) is 0 Å². The highest BCUT2D eigenvalue weighted by atomic mass is 16.2. The van der Waals surface area contributed by atoms with E-state index in [1.54, 1.807) is 7.05 Å². The second-order valence-corrected chi connectivity index (χ2v) is 9.40. The van der Waals surface area contributed by atoms with Crippen LogP contribution in [0.3, 0.4) is 0 Å². The van der Waals surface area contributed by atoms with E-state index in [0.29, 0.717) is 29.6 Å². The average Bonchev–Trinajstić information content (AvgIpc) is 3.16. The van der Waals surface area contributed by atoms with Crippen molar-refractivity contribution >= 4 is 22.8 Å². The highest BCUT2D eigenvalue weighted by Crippen LogP contribution is 2.33. The molecule has 0 saturated heterocycles. The van der Waals surface area contributed by atoms with Gasteiger partial charge in [-0.25, -0.2) is 4.79 Å². The van der Waals surface area contributed by atoms with E-state index >= 15 is 0 Å². The molecule has 1 aliphatic rings. The molecule has 0 aliphatic carbocycles. The molecule has 1 atom stereocenters. The van der Waals surface area contributed by atoms with Crippen molar-refractivity contribution in [1.29, 1.82) is 0 Å². The largest absolute Gasteiger partial charge is 0.332 e. The van der Waals surface area contributed by atoms with Crippen LogP contribution in [0.15, 0.2) is 52.1 Å². The normalized spacial score (nSPS) is 15.8. The molecule has 170 valence electrons. The van der Waals surface area contributed by atoms with Gasteiger partial charge in [-0.05, 0) is 55.5 Å². The highest BCUT2D eigenvalue weighted by molar-refractivity contribution is 5.77. The molecular formula is C26H29N5O2. The lowest BCUT2D eigenvalue weighted by molar-refractivity contribution is 0.458. The van der Waals surface area contributed by atoms with Crippen molar-refractivity contribution in [1.82, 2.24) is 18.7 Å². The topological polar surface area (TPSA) is 65.1 Å². The van der Waals surface area contributed by atoms with Crippen LogP contribution >= 0.6 is 0 Å². The summed E-state index contributed by atoms with van der Waals surface area (Å²) in [4.78, 5) is 33.8. The third kappa shape index (κ3) is 3.48. The minimum absolute atomic E-state index is 0.236. The van der Waals surface area contributed by atoms with Gasteiger partial charge in [-0.1, -0.05) is 42.8 Å². The molecule has 0 bridgehead atoms.